The van der Waals surface area contributed by atoms with Crippen LogP contribution >= 0.6 is 23.6 Å². The predicted octanol–water partition coefficient (Wildman–Crippen LogP) is 2.67. The zero-order valence-electron chi connectivity index (χ0n) is 14.3. The second kappa shape index (κ2) is 7.16. The van der Waals surface area contributed by atoms with Gasteiger partial charge >= 0.3 is 0 Å². The normalized spacial score (nSPS) is 18.2. The summed E-state index contributed by atoms with van der Waals surface area (Å²) >= 11 is 7.28. The van der Waals surface area contributed by atoms with Crippen LogP contribution in [0, 0.1) is 4.77 Å². The number of nitrogens with zero attached hydrogens (tertiary/aromatic N) is 5. The summed E-state index contributed by atoms with van der Waals surface area (Å²) in [5, 5.41) is 6.79. The number of carbonyl (C=O) groups is 1. The lowest BCUT2D eigenvalue weighted by atomic mass is 10.2. The van der Waals surface area contributed by atoms with E-state index in [1.807, 2.05) is 30.2 Å². The molecule has 0 saturated carbocycles. The van der Waals surface area contributed by atoms with Gasteiger partial charge in [0.2, 0.25) is 5.91 Å². The van der Waals surface area contributed by atoms with E-state index in [2.05, 4.69) is 22.5 Å². The van der Waals surface area contributed by atoms with Crippen molar-refractivity contribution in [3.05, 3.63) is 22.3 Å². The average molecular weight is 366 g/mol. The highest BCUT2D eigenvalue weighted by Crippen LogP contribution is 2.25. The highest BCUT2D eigenvalue weighted by atomic mass is 32.1. The van der Waals surface area contributed by atoms with Crippen molar-refractivity contribution in [1.29, 1.82) is 0 Å². The van der Waals surface area contributed by atoms with Crippen molar-refractivity contribution in [3.8, 4) is 10.7 Å². The Balaban J connectivity index is 1.88. The van der Waals surface area contributed by atoms with Gasteiger partial charge in [0.05, 0.1) is 17.6 Å². The molecule has 0 aliphatic carbocycles. The number of carbonyl (C=O) groups excluding carboxylic acids is 1. The largest absolute Gasteiger partial charge is 0.347 e. The van der Waals surface area contributed by atoms with E-state index < -0.39 is 0 Å². The molecule has 1 fully saturated rings. The van der Waals surface area contributed by atoms with Crippen LogP contribution in [-0.2, 0) is 18.0 Å². The van der Waals surface area contributed by atoms with Crippen LogP contribution in [-0.4, -0.2) is 56.7 Å². The van der Waals surface area contributed by atoms with Crippen molar-refractivity contribution >= 4 is 29.5 Å². The summed E-state index contributed by atoms with van der Waals surface area (Å²) in [7, 11) is 3.62. The predicted molar refractivity (Wildman–Crippen MR) is 98.5 cm³/mol. The minimum absolute atomic E-state index is 0.0705. The van der Waals surface area contributed by atoms with Crippen LogP contribution in [0.4, 0.5) is 0 Å². The fourth-order valence-electron chi connectivity index (χ4n) is 3.15. The zero-order chi connectivity index (χ0) is 17.3. The van der Waals surface area contributed by atoms with Crippen LogP contribution in [0.2, 0.25) is 0 Å². The van der Waals surface area contributed by atoms with Gasteiger partial charge in [0.25, 0.3) is 0 Å². The molecular formula is C16H23N5OS2. The third kappa shape index (κ3) is 3.18. The molecule has 0 aromatic carbocycles. The Labute approximate surface area is 151 Å². The van der Waals surface area contributed by atoms with Gasteiger partial charge in [0.15, 0.2) is 10.6 Å². The fourth-order valence-corrected chi connectivity index (χ4v) is 4.18. The van der Waals surface area contributed by atoms with Gasteiger partial charge in [-0.3, -0.25) is 14.3 Å². The molecule has 0 radical (unpaired) electrons. The molecule has 1 amide bonds. The van der Waals surface area contributed by atoms with Gasteiger partial charge in [0, 0.05) is 27.2 Å². The lowest BCUT2D eigenvalue weighted by Crippen LogP contribution is -2.43. The Bertz CT molecular complexity index is 762. The minimum atomic E-state index is -0.0705. The summed E-state index contributed by atoms with van der Waals surface area (Å²) < 4.78 is 4.62. The zero-order valence-corrected chi connectivity index (χ0v) is 15.9. The molecule has 1 saturated heterocycles. The fraction of sp³-hybridized carbons (Fsp3) is 0.562. The SMILES string of the molecule is CCn1c(-c2cccs2)nn(CN2CCC[C@H]2C(=O)N(C)C)c1=S. The molecule has 130 valence electrons. The molecule has 3 heterocycles. The van der Waals surface area contributed by atoms with Gasteiger partial charge in [-0.25, -0.2) is 4.68 Å². The van der Waals surface area contributed by atoms with Crippen LogP contribution in [0.25, 0.3) is 10.7 Å². The Hall–Kier alpha value is -1.51. The third-order valence-corrected chi connectivity index (χ3v) is 5.68. The summed E-state index contributed by atoms with van der Waals surface area (Å²) in [6.07, 6.45) is 1.93. The molecule has 0 unspecified atom stereocenters. The molecule has 1 aliphatic heterocycles. The maximum Gasteiger partial charge on any atom is 0.239 e. The number of thiophene rings is 1. The van der Waals surface area contributed by atoms with E-state index in [1.54, 1.807) is 16.2 Å². The van der Waals surface area contributed by atoms with Crippen molar-refractivity contribution in [3.63, 3.8) is 0 Å². The van der Waals surface area contributed by atoms with E-state index in [9.17, 15) is 4.79 Å². The van der Waals surface area contributed by atoms with E-state index in [0.717, 1.165) is 36.6 Å². The van der Waals surface area contributed by atoms with E-state index in [4.69, 9.17) is 17.3 Å². The summed E-state index contributed by atoms with van der Waals surface area (Å²) in [5.74, 6) is 1.07. The van der Waals surface area contributed by atoms with Crippen molar-refractivity contribution in [2.75, 3.05) is 20.6 Å². The molecular weight excluding hydrogens is 342 g/mol. The number of likely N-dealkylation sites (tertiary alicyclic amines) is 1. The van der Waals surface area contributed by atoms with Gasteiger partial charge < -0.3 is 4.90 Å². The quantitative estimate of drug-likeness (QED) is 0.765. The minimum Gasteiger partial charge on any atom is -0.347 e. The second-order valence-electron chi connectivity index (χ2n) is 6.17. The van der Waals surface area contributed by atoms with Crippen LogP contribution in [0.15, 0.2) is 17.5 Å². The second-order valence-corrected chi connectivity index (χ2v) is 7.48. The Morgan fingerprint density at radius 1 is 1.50 bits per heavy atom. The van der Waals surface area contributed by atoms with E-state index in [-0.39, 0.29) is 11.9 Å². The molecule has 8 heteroatoms. The van der Waals surface area contributed by atoms with E-state index >= 15 is 0 Å². The number of hydrogen-bond donors (Lipinski definition) is 0. The Morgan fingerprint density at radius 3 is 2.92 bits per heavy atom. The van der Waals surface area contributed by atoms with Gasteiger partial charge in [-0.1, -0.05) is 6.07 Å². The summed E-state index contributed by atoms with van der Waals surface area (Å²) in [6, 6.07) is 4.01. The molecule has 2 aromatic rings. The first-order valence-electron chi connectivity index (χ1n) is 8.19. The summed E-state index contributed by atoms with van der Waals surface area (Å²) in [4.78, 5) is 17.3. The molecule has 24 heavy (non-hydrogen) atoms. The maximum atomic E-state index is 12.4. The van der Waals surface area contributed by atoms with E-state index in [1.165, 1.54) is 0 Å². The first-order chi connectivity index (χ1) is 11.5. The lowest BCUT2D eigenvalue weighted by molar-refractivity contribution is -0.134. The molecule has 0 spiro atoms. The maximum absolute atomic E-state index is 12.4. The topological polar surface area (TPSA) is 46.3 Å². The Kier molecular flexibility index (Phi) is 5.17. The monoisotopic (exact) mass is 365 g/mol. The van der Waals surface area contributed by atoms with Crippen LogP contribution in [0.3, 0.4) is 0 Å². The van der Waals surface area contributed by atoms with Crippen molar-refractivity contribution in [2.45, 2.75) is 39.0 Å². The molecule has 0 N–H and O–H groups in total. The number of likely N-dealkylation sites (N-methyl/N-ethyl adjacent to an activating group) is 1. The molecule has 3 rings (SSSR count). The number of amides is 1. The van der Waals surface area contributed by atoms with Crippen LogP contribution in [0.5, 0.6) is 0 Å². The highest BCUT2D eigenvalue weighted by molar-refractivity contribution is 7.71. The molecule has 2 aromatic heterocycles. The van der Waals surface area contributed by atoms with Crippen molar-refractivity contribution in [1.82, 2.24) is 24.1 Å². The number of aromatic nitrogens is 3. The summed E-state index contributed by atoms with van der Waals surface area (Å²) in [5.41, 5.74) is 0. The van der Waals surface area contributed by atoms with Crippen molar-refractivity contribution in [2.24, 2.45) is 0 Å². The van der Waals surface area contributed by atoms with Crippen LogP contribution < -0.4 is 0 Å². The smallest absolute Gasteiger partial charge is 0.239 e. The summed E-state index contributed by atoms with van der Waals surface area (Å²) in [6.45, 7) is 4.33. The first kappa shape index (κ1) is 17.3. The van der Waals surface area contributed by atoms with Gasteiger partial charge in [-0.05, 0) is 43.4 Å². The first-order valence-corrected chi connectivity index (χ1v) is 9.48. The molecule has 1 aliphatic rings. The van der Waals surface area contributed by atoms with Crippen LogP contribution in [0.1, 0.15) is 19.8 Å². The average Bonchev–Trinajstić information content (AvgIpc) is 3.28. The lowest BCUT2D eigenvalue weighted by Gasteiger charge is -2.25. The third-order valence-electron chi connectivity index (χ3n) is 4.39. The number of hydrogen-bond acceptors (Lipinski definition) is 5. The van der Waals surface area contributed by atoms with Gasteiger partial charge in [0.1, 0.15) is 0 Å². The van der Waals surface area contributed by atoms with Crippen molar-refractivity contribution < 1.29 is 4.79 Å². The standard InChI is InChI=1S/C16H23N5OS2/c1-4-20-14(13-8-6-10-24-13)17-21(16(20)23)11-19-9-5-7-12(19)15(22)18(2)3/h6,8,10,12H,4-5,7,9,11H2,1-3H3/t12-/m0/s1. The Morgan fingerprint density at radius 2 is 2.29 bits per heavy atom. The van der Waals surface area contributed by atoms with Gasteiger partial charge in [-0.2, -0.15) is 0 Å². The van der Waals surface area contributed by atoms with E-state index in [0.29, 0.717) is 11.4 Å². The molecule has 1 atom stereocenters. The highest BCUT2D eigenvalue weighted by Gasteiger charge is 2.32. The number of rotatable bonds is 5. The van der Waals surface area contributed by atoms with Gasteiger partial charge in [-0.15, -0.1) is 16.4 Å². The molecule has 0 bridgehead atoms. The molecule has 6 nitrogen and oxygen atoms in total.